The van der Waals surface area contributed by atoms with Crippen LogP contribution in [0.1, 0.15) is 44.4 Å². The number of carboxylic acid groups (broad SMARTS) is 1. The number of phenolic OH excluding ortho intramolecular Hbond substituents is 1. The predicted molar refractivity (Wildman–Crippen MR) is 64.9 cm³/mol. The van der Waals surface area contributed by atoms with Crippen molar-refractivity contribution >= 4 is 5.97 Å². The molecule has 1 rings (SSSR count). The van der Waals surface area contributed by atoms with Gasteiger partial charge in [-0.05, 0) is 28.5 Å². The lowest BCUT2D eigenvalue weighted by Gasteiger charge is -2.23. The highest BCUT2D eigenvalue weighted by Gasteiger charge is 2.20. The second-order valence-electron chi connectivity index (χ2n) is 5.30. The molecule has 0 atom stereocenters. The molecule has 0 aliphatic rings. The molecule has 17 heavy (non-hydrogen) atoms. The molecule has 0 heterocycles. The molecule has 1 N–H and O–H groups in total. The molecule has 3 nitrogen and oxygen atoms in total. The van der Waals surface area contributed by atoms with Gasteiger partial charge in [0.2, 0.25) is 0 Å². The monoisotopic (exact) mass is 235 g/mol. The normalized spacial score (nSPS) is 11.5. The fourth-order valence-electron chi connectivity index (χ4n) is 1.87. The van der Waals surface area contributed by atoms with E-state index in [1.54, 1.807) is 12.1 Å². The summed E-state index contributed by atoms with van der Waals surface area (Å²) in [6.45, 7) is 7.91. The van der Waals surface area contributed by atoms with Crippen molar-refractivity contribution < 1.29 is 15.0 Å². The number of hydrogen-bond acceptors (Lipinski definition) is 3. The number of hydrogen-bond donors (Lipinski definition) is 1. The van der Waals surface area contributed by atoms with Crippen molar-refractivity contribution in [1.29, 1.82) is 0 Å². The van der Waals surface area contributed by atoms with Gasteiger partial charge in [0.25, 0.3) is 0 Å². The van der Waals surface area contributed by atoms with E-state index in [0.717, 1.165) is 11.1 Å². The van der Waals surface area contributed by atoms with Crippen molar-refractivity contribution in [3.63, 3.8) is 0 Å². The standard InChI is InChI=1S/C14H20O3/c1-5-10-6-9(8-12(15)16)7-11(13(10)17)14(2,3)4/h6-7,17H,5,8H2,1-4H3,(H,15,16)/p-1. The maximum Gasteiger partial charge on any atom is 0.122 e. The highest BCUT2D eigenvalue weighted by Crippen LogP contribution is 2.34. The van der Waals surface area contributed by atoms with Gasteiger partial charge in [0, 0.05) is 12.4 Å². The maximum absolute atomic E-state index is 10.6. The average Bonchev–Trinajstić information content (AvgIpc) is 2.17. The van der Waals surface area contributed by atoms with Crippen LogP contribution in [0.15, 0.2) is 12.1 Å². The highest BCUT2D eigenvalue weighted by molar-refractivity contribution is 5.68. The molecular weight excluding hydrogens is 216 g/mol. The molecule has 0 aromatic heterocycles. The summed E-state index contributed by atoms with van der Waals surface area (Å²) in [6, 6.07) is 3.49. The molecule has 0 saturated carbocycles. The lowest BCUT2D eigenvalue weighted by Crippen LogP contribution is -2.24. The molecule has 1 aromatic carbocycles. The highest BCUT2D eigenvalue weighted by atomic mass is 16.4. The number of phenols is 1. The molecular formula is C14H19O3-. The summed E-state index contributed by atoms with van der Waals surface area (Å²) >= 11 is 0. The van der Waals surface area contributed by atoms with Gasteiger partial charge < -0.3 is 15.0 Å². The van der Waals surface area contributed by atoms with E-state index in [9.17, 15) is 15.0 Å². The van der Waals surface area contributed by atoms with Gasteiger partial charge in [-0.3, -0.25) is 0 Å². The molecule has 0 amide bonds. The van der Waals surface area contributed by atoms with Crippen LogP contribution in [0.4, 0.5) is 0 Å². The van der Waals surface area contributed by atoms with E-state index < -0.39 is 5.97 Å². The number of carbonyl (C=O) groups is 1. The Morgan fingerprint density at radius 3 is 2.35 bits per heavy atom. The van der Waals surface area contributed by atoms with E-state index in [1.165, 1.54) is 0 Å². The van der Waals surface area contributed by atoms with E-state index in [-0.39, 0.29) is 17.6 Å². The lowest BCUT2D eigenvalue weighted by molar-refractivity contribution is -0.304. The van der Waals surface area contributed by atoms with Crippen molar-refractivity contribution in [2.24, 2.45) is 0 Å². The SMILES string of the molecule is CCc1cc(CC(=O)[O-])cc(C(C)(C)C)c1O. The summed E-state index contributed by atoms with van der Waals surface area (Å²) in [7, 11) is 0. The fraction of sp³-hybridized carbons (Fsp3) is 0.500. The van der Waals surface area contributed by atoms with Crippen LogP contribution in [-0.2, 0) is 23.1 Å². The van der Waals surface area contributed by atoms with Crippen LogP contribution in [0, 0.1) is 0 Å². The summed E-state index contributed by atoms with van der Waals surface area (Å²) in [5, 5.41) is 20.8. The number of carboxylic acids is 1. The van der Waals surface area contributed by atoms with Crippen molar-refractivity contribution in [3.05, 3.63) is 28.8 Å². The minimum Gasteiger partial charge on any atom is -0.550 e. The third-order valence-corrected chi connectivity index (χ3v) is 2.79. The van der Waals surface area contributed by atoms with E-state index >= 15 is 0 Å². The smallest absolute Gasteiger partial charge is 0.122 e. The largest absolute Gasteiger partial charge is 0.550 e. The molecule has 0 unspecified atom stereocenters. The number of rotatable bonds is 3. The Labute approximate surface area is 102 Å². The van der Waals surface area contributed by atoms with Crippen LogP contribution >= 0.6 is 0 Å². The van der Waals surface area contributed by atoms with Gasteiger partial charge in [0.1, 0.15) is 5.75 Å². The topological polar surface area (TPSA) is 60.4 Å². The zero-order chi connectivity index (χ0) is 13.2. The van der Waals surface area contributed by atoms with Gasteiger partial charge in [0.15, 0.2) is 0 Å². The third kappa shape index (κ3) is 3.22. The third-order valence-electron chi connectivity index (χ3n) is 2.79. The molecule has 0 bridgehead atoms. The molecule has 0 radical (unpaired) electrons. The number of aromatic hydroxyl groups is 1. The summed E-state index contributed by atoms with van der Waals surface area (Å²) < 4.78 is 0. The van der Waals surface area contributed by atoms with Crippen molar-refractivity contribution in [1.82, 2.24) is 0 Å². The lowest BCUT2D eigenvalue weighted by atomic mass is 9.83. The summed E-state index contributed by atoms with van der Waals surface area (Å²) in [5.74, 6) is -0.820. The van der Waals surface area contributed by atoms with Gasteiger partial charge in [0.05, 0.1) is 0 Å². The van der Waals surface area contributed by atoms with Crippen LogP contribution in [0.2, 0.25) is 0 Å². The minimum absolute atomic E-state index is 0.115. The average molecular weight is 235 g/mol. The summed E-state index contributed by atoms with van der Waals surface area (Å²) in [4.78, 5) is 10.6. The Morgan fingerprint density at radius 2 is 1.94 bits per heavy atom. The molecule has 0 spiro atoms. The molecule has 1 aromatic rings. The molecule has 0 saturated heterocycles. The fourth-order valence-corrected chi connectivity index (χ4v) is 1.87. The van der Waals surface area contributed by atoms with E-state index in [1.807, 2.05) is 27.7 Å². The van der Waals surface area contributed by atoms with Crippen molar-refractivity contribution in [2.45, 2.75) is 46.0 Å². The van der Waals surface area contributed by atoms with Crippen LogP contribution in [-0.4, -0.2) is 11.1 Å². The van der Waals surface area contributed by atoms with E-state index in [4.69, 9.17) is 0 Å². The van der Waals surface area contributed by atoms with E-state index in [0.29, 0.717) is 12.0 Å². The Kier molecular flexibility index (Phi) is 3.81. The van der Waals surface area contributed by atoms with Crippen molar-refractivity contribution in [2.75, 3.05) is 0 Å². The quantitative estimate of drug-likeness (QED) is 0.864. The molecule has 0 fully saturated rings. The Balaban J connectivity index is 3.33. The first-order chi connectivity index (χ1) is 7.75. The van der Waals surface area contributed by atoms with Gasteiger partial charge in [-0.1, -0.05) is 39.8 Å². The van der Waals surface area contributed by atoms with Gasteiger partial charge in [-0.25, -0.2) is 0 Å². The first-order valence-corrected chi connectivity index (χ1v) is 5.80. The van der Waals surface area contributed by atoms with E-state index in [2.05, 4.69) is 0 Å². The minimum atomic E-state index is -1.10. The van der Waals surface area contributed by atoms with Crippen LogP contribution < -0.4 is 5.11 Å². The maximum atomic E-state index is 10.6. The Bertz CT molecular complexity index is 428. The molecule has 0 aliphatic heterocycles. The first-order valence-electron chi connectivity index (χ1n) is 5.80. The predicted octanol–water partition coefficient (Wildman–Crippen LogP) is 1.54. The number of aryl methyl sites for hydroxylation is 1. The summed E-state index contributed by atoms with van der Waals surface area (Å²) in [5.41, 5.74) is 2.04. The Morgan fingerprint density at radius 1 is 1.35 bits per heavy atom. The van der Waals surface area contributed by atoms with Crippen molar-refractivity contribution in [3.8, 4) is 5.75 Å². The van der Waals surface area contributed by atoms with Gasteiger partial charge >= 0.3 is 0 Å². The van der Waals surface area contributed by atoms with Gasteiger partial charge in [-0.15, -0.1) is 0 Å². The Hall–Kier alpha value is -1.51. The van der Waals surface area contributed by atoms with Crippen LogP contribution in [0.5, 0.6) is 5.75 Å². The number of benzene rings is 1. The number of carbonyl (C=O) groups excluding carboxylic acids is 1. The van der Waals surface area contributed by atoms with Crippen LogP contribution in [0.3, 0.4) is 0 Å². The molecule has 94 valence electrons. The van der Waals surface area contributed by atoms with Gasteiger partial charge in [-0.2, -0.15) is 0 Å². The first kappa shape index (κ1) is 13.6. The zero-order valence-electron chi connectivity index (χ0n) is 10.8. The zero-order valence-corrected chi connectivity index (χ0v) is 10.8. The molecule has 0 aliphatic carbocycles. The van der Waals surface area contributed by atoms with Crippen LogP contribution in [0.25, 0.3) is 0 Å². The molecule has 3 heteroatoms. The summed E-state index contributed by atoms with van der Waals surface area (Å²) in [6.07, 6.45) is 0.562. The second-order valence-corrected chi connectivity index (χ2v) is 5.30. The number of aliphatic carboxylic acids is 1. The second kappa shape index (κ2) is 4.78.